The predicted octanol–water partition coefficient (Wildman–Crippen LogP) is 9.54. The molecule has 2 atom stereocenters. The smallest absolute Gasteiger partial charge is 0.262 e. The quantitative estimate of drug-likeness (QED) is 0.169. The molecule has 0 radical (unpaired) electrons. The van der Waals surface area contributed by atoms with Crippen molar-refractivity contribution in [1.82, 2.24) is 0 Å². The molecule has 2 amide bonds. The summed E-state index contributed by atoms with van der Waals surface area (Å²) >= 11 is 0. The van der Waals surface area contributed by atoms with Crippen LogP contribution in [0.25, 0.3) is 22.3 Å². The van der Waals surface area contributed by atoms with Gasteiger partial charge in [-0.3, -0.25) is 9.59 Å². The van der Waals surface area contributed by atoms with Crippen LogP contribution in [0.15, 0.2) is 127 Å². The summed E-state index contributed by atoms with van der Waals surface area (Å²) in [6, 6.07) is 33.8. The summed E-state index contributed by atoms with van der Waals surface area (Å²) in [7, 11) is 0. The van der Waals surface area contributed by atoms with E-state index in [0.717, 1.165) is 39.4 Å². The lowest BCUT2D eigenvalue weighted by atomic mass is 9.88. The Bertz CT molecular complexity index is 2320. The summed E-state index contributed by atoms with van der Waals surface area (Å²) in [6.45, 7) is 3.80. The lowest BCUT2D eigenvalue weighted by Crippen LogP contribution is -2.36. The molecule has 0 aromatic heterocycles. The first-order valence-electron chi connectivity index (χ1n) is 16.3. The molecule has 0 saturated carbocycles. The van der Waals surface area contributed by atoms with Gasteiger partial charge >= 0.3 is 0 Å². The highest BCUT2D eigenvalue weighted by atomic mass is 19.1. The average molecular weight is 683 g/mol. The number of aromatic hydroxyl groups is 3. The molecule has 2 aliphatic rings. The van der Waals surface area contributed by atoms with E-state index in [1.54, 1.807) is 29.2 Å². The number of benzene rings is 6. The van der Waals surface area contributed by atoms with Gasteiger partial charge in [-0.05, 0) is 109 Å². The van der Waals surface area contributed by atoms with Gasteiger partial charge in [0.25, 0.3) is 11.8 Å². The van der Waals surface area contributed by atoms with Crippen LogP contribution in [-0.2, 0) is 0 Å². The molecular weight excluding hydrogens is 650 g/mol. The monoisotopic (exact) mass is 682 g/mol. The van der Waals surface area contributed by atoms with Crippen molar-refractivity contribution in [3.8, 4) is 39.5 Å². The largest absolute Gasteiger partial charge is 0.508 e. The number of carbonyl (C=O) groups excluding carboxylic acids is 2. The molecule has 51 heavy (non-hydrogen) atoms. The van der Waals surface area contributed by atoms with Crippen molar-refractivity contribution in [3.05, 3.63) is 161 Å². The third-order valence-corrected chi connectivity index (χ3v) is 9.38. The highest BCUT2D eigenvalue weighted by molar-refractivity contribution is 6.12. The van der Waals surface area contributed by atoms with E-state index >= 15 is 0 Å². The molecule has 0 bridgehead atoms. The lowest BCUT2D eigenvalue weighted by Gasteiger charge is -2.37. The minimum Gasteiger partial charge on any atom is -0.508 e. The fraction of sp³-hybridized carbons (Fsp3) is 0.0952. The Balaban J connectivity index is 0.000000159. The zero-order chi connectivity index (χ0) is 36.0. The number of anilines is 2. The maximum Gasteiger partial charge on any atom is 0.262 e. The van der Waals surface area contributed by atoms with Crippen molar-refractivity contribution in [1.29, 1.82) is 0 Å². The number of halogens is 2. The number of phenolic OH excluding ortho intramolecular Hbond substituents is 3. The van der Waals surface area contributed by atoms with Crippen molar-refractivity contribution >= 4 is 23.2 Å². The molecule has 9 heteroatoms. The van der Waals surface area contributed by atoms with Gasteiger partial charge in [-0.2, -0.15) is 0 Å². The zero-order valence-corrected chi connectivity index (χ0v) is 27.6. The Morgan fingerprint density at radius 2 is 1.00 bits per heavy atom. The number of rotatable bonds is 2. The van der Waals surface area contributed by atoms with E-state index < -0.39 is 11.7 Å². The molecule has 0 fully saturated rings. The molecule has 0 saturated heterocycles. The van der Waals surface area contributed by atoms with E-state index in [0.29, 0.717) is 16.9 Å². The van der Waals surface area contributed by atoms with E-state index in [1.807, 2.05) is 62.4 Å². The minimum atomic E-state index is -0.462. The molecular formula is C42H32F2N2O5. The van der Waals surface area contributed by atoms with E-state index in [2.05, 4.69) is 0 Å². The molecule has 0 aliphatic carbocycles. The van der Waals surface area contributed by atoms with Crippen LogP contribution in [0.4, 0.5) is 20.2 Å². The van der Waals surface area contributed by atoms with Gasteiger partial charge in [-0.1, -0.05) is 48.5 Å². The van der Waals surface area contributed by atoms with E-state index in [-0.39, 0.29) is 46.6 Å². The molecule has 8 rings (SSSR count). The van der Waals surface area contributed by atoms with E-state index in [9.17, 15) is 33.7 Å². The minimum absolute atomic E-state index is 0.0456. The normalized spacial score (nSPS) is 15.4. The van der Waals surface area contributed by atoms with Crippen molar-refractivity contribution in [2.75, 3.05) is 9.80 Å². The van der Waals surface area contributed by atoms with Crippen LogP contribution in [0.2, 0.25) is 0 Å². The van der Waals surface area contributed by atoms with Gasteiger partial charge in [0.1, 0.15) is 28.9 Å². The summed E-state index contributed by atoms with van der Waals surface area (Å²) in [5.74, 6) is -1.87. The number of phenols is 3. The van der Waals surface area contributed by atoms with Crippen molar-refractivity contribution in [2.24, 2.45) is 0 Å². The third kappa shape index (κ3) is 5.93. The highest BCUT2D eigenvalue weighted by Crippen LogP contribution is 2.47. The van der Waals surface area contributed by atoms with Gasteiger partial charge in [0.15, 0.2) is 0 Å². The summed E-state index contributed by atoms with van der Waals surface area (Å²) in [4.78, 5) is 29.4. The van der Waals surface area contributed by atoms with Crippen molar-refractivity contribution < 1.29 is 33.7 Å². The second kappa shape index (κ2) is 13.1. The molecule has 0 spiro atoms. The first-order chi connectivity index (χ1) is 24.5. The standard InChI is InChI=1S/C21H16FNO3.C21H16FNO2/c1-12-15-4-2-3-5-16(15)17-8-6-13(22)10-19(17)23(12)21(26)18-9-7-14(24)11-20(18)25;1-13-17-4-2-3-5-18(17)19-11-8-15(22)12-20(19)23(13)21(25)14-6-9-16(24)10-7-14/h2-12,24-25H,1H3;2-13,24H,1H3/t;13-/m.0/s1. The molecule has 254 valence electrons. The molecule has 2 heterocycles. The van der Waals surface area contributed by atoms with Gasteiger partial charge in [0.05, 0.1) is 29.0 Å². The second-order valence-corrected chi connectivity index (χ2v) is 12.4. The maximum atomic E-state index is 13.9. The Hall–Kier alpha value is -6.48. The summed E-state index contributed by atoms with van der Waals surface area (Å²) in [6.07, 6.45) is 0. The van der Waals surface area contributed by atoms with Crippen molar-refractivity contribution in [2.45, 2.75) is 25.9 Å². The second-order valence-electron chi connectivity index (χ2n) is 12.4. The molecule has 1 unspecified atom stereocenters. The Morgan fingerprint density at radius 3 is 1.51 bits per heavy atom. The molecule has 3 N–H and O–H groups in total. The van der Waals surface area contributed by atoms with Gasteiger partial charge in [0, 0.05) is 22.8 Å². The van der Waals surface area contributed by atoms with Gasteiger partial charge in [0.2, 0.25) is 0 Å². The van der Waals surface area contributed by atoms with E-state index in [4.69, 9.17) is 0 Å². The lowest BCUT2D eigenvalue weighted by molar-refractivity contribution is 0.0968. The van der Waals surface area contributed by atoms with Crippen LogP contribution in [0.3, 0.4) is 0 Å². The molecule has 7 nitrogen and oxygen atoms in total. The van der Waals surface area contributed by atoms with Crippen LogP contribution >= 0.6 is 0 Å². The number of hydrogen-bond donors (Lipinski definition) is 3. The number of carbonyl (C=O) groups is 2. The first-order valence-corrected chi connectivity index (χ1v) is 16.3. The zero-order valence-electron chi connectivity index (χ0n) is 27.6. The average Bonchev–Trinajstić information content (AvgIpc) is 3.12. The first kappa shape index (κ1) is 33.0. The Kier molecular flexibility index (Phi) is 8.48. The summed E-state index contributed by atoms with van der Waals surface area (Å²) in [5, 5.41) is 29.0. The Morgan fingerprint density at radius 1 is 0.529 bits per heavy atom. The highest BCUT2D eigenvalue weighted by Gasteiger charge is 2.35. The predicted molar refractivity (Wildman–Crippen MR) is 192 cm³/mol. The fourth-order valence-corrected chi connectivity index (χ4v) is 6.92. The molecule has 2 aliphatic heterocycles. The van der Waals surface area contributed by atoms with Crippen LogP contribution in [-0.4, -0.2) is 27.1 Å². The van der Waals surface area contributed by atoms with Gasteiger partial charge in [-0.25, -0.2) is 8.78 Å². The Labute approximate surface area is 292 Å². The number of hydrogen-bond acceptors (Lipinski definition) is 5. The molecule has 6 aromatic rings. The van der Waals surface area contributed by atoms with Gasteiger partial charge in [-0.15, -0.1) is 0 Å². The SMILES string of the molecule is CC1c2ccccc2-c2ccc(F)cc2N1C(=O)c1ccc(O)cc1O.C[C@H]1c2ccccc2-c2ccc(F)cc2N1C(=O)c1ccc(O)cc1. The van der Waals surface area contributed by atoms with Crippen LogP contribution in [0, 0.1) is 11.6 Å². The summed E-state index contributed by atoms with van der Waals surface area (Å²) < 4.78 is 27.9. The number of nitrogens with zero attached hydrogens (tertiary/aromatic N) is 2. The third-order valence-electron chi connectivity index (χ3n) is 9.38. The number of amides is 2. The van der Waals surface area contributed by atoms with E-state index in [1.165, 1.54) is 53.4 Å². The van der Waals surface area contributed by atoms with Crippen LogP contribution in [0.5, 0.6) is 17.2 Å². The molecule has 6 aromatic carbocycles. The maximum absolute atomic E-state index is 13.9. The van der Waals surface area contributed by atoms with Crippen LogP contribution < -0.4 is 9.80 Å². The van der Waals surface area contributed by atoms with Crippen molar-refractivity contribution in [3.63, 3.8) is 0 Å². The topological polar surface area (TPSA) is 101 Å². The van der Waals surface area contributed by atoms with Gasteiger partial charge < -0.3 is 25.1 Å². The van der Waals surface area contributed by atoms with Crippen LogP contribution in [0.1, 0.15) is 57.8 Å². The fourth-order valence-electron chi connectivity index (χ4n) is 6.92. The number of fused-ring (bicyclic) bond motifs is 6. The summed E-state index contributed by atoms with van der Waals surface area (Å²) in [5.41, 5.74) is 7.02.